The number of furan rings is 1. The molecule has 3 aromatic heterocycles. The first-order valence-corrected chi connectivity index (χ1v) is 20.9. The number of aromatic nitrogens is 2. The van der Waals surface area contributed by atoms with E-state index in [9.17, 15) is 0 Å². The Hall–Kier alpha value is -8.41. The molecule has 290 valence electrons. The molecule has 0 radical (unpaired) electrons. The topological polar surface area (TPSA) is 47.3 Å². The van der Waals surface area contributed by atoms with E-state index in [-0.39, 0.29) is 0 Å². The molecule has 0 aliphatic heterocycles. The number of rotatable bonds is 6. The molecular formula is C57H35N3O2. The van der Waals surface area contributed by atoms with E-state index in [1.165, 1.54) is 21.5 Å². The van der Waals surface area contributed by atoms with Crippen LogP contribution < -0.4 is 4.90 Å². The number of hydrogen-bond donors (Lipinski definition) is 0. The molecule has 0 unspecified atom stereocenters. The van der Waals surface area contributed by atoms with Gasteiger partial charge in [0, 0.05) is 50.1 Å². The fraction of sp³-hybridized carbons (Fsp3) is 0. The predicted octanol–water partition coefficient (Wildman–Crippen LogP) is 15.9. The summed E-state index contributed by atoms with van der Waals surface area (Å²) in [5.41, 5.74) is 12.6. The average molecular weight is 794 g/mol. The molecule has 62 heavy (non-hydrogen) atoms. The Labute approximate surface area is 355 Å². The molecule has 13 aromatic rings. The molecule has 0 atom stereocenters. The maximum absolute atomic E-state index is 6.87. The number of anilines is 3. The van der Waals surface area contributed by atoms with E-state index in [0.717, 1.165) is 88.7 Å². The lowest BCUT2D eigenvalue weighted by Gasteiger charge is -2.28. The minimum absolute atomic E-state index is 0.584. The van der Waals surface area contributed by atoms with Gasteiger partial charge in [-0.1, -0.05) is 133 Å². The molecule has 0 spiro atoms. The van der Waals surface area contributed by atoms with Gasteiger partial charge >= 0.3 is 0 Å². The third-order valence-corrected chi connectivity index (χ3v) is 12.4. The van der Waals surface area contributed by atoms with Gasteiger partial charge < -0.3 is 18.3 Å². The molecule has 0 saturated carbocycles. The highest BCUT2D eigenvalue weighted by atomic mass is 16.3. The van der Waals surface area contributed by atoms with Crippen LogP contribution in [0.2, 0.25) is 0 Å². The molecular weight excluding hydrogens is 759 g/mol. The van der Waals surface area contributed by atoms with Crippen LogP contribution in [-0.2, 0) is 0 Å². The second-order valence-corrected chi connectivity index (χ2v) is 15.9. The van der Waals surface area contributed by atoms with Gasteiger partial charge in [-0.15, -0.1) is 0 Å². The van der Waals surface area contributed by atoms with Crippen LogP contribution in [0.1, 0.15) is 0 Å². The first-order valence-electron chi connectivity index (χ1n) is 20.9. The highest BCUT2D eigenvalue weighted by Crippen LogP contribution is 2.47. The van der Waals surface area contributed by atoms with Crippen LogP contribution in [0.25, 0.3) is 105 Å². The van der Waals surface area contributed by atoms with Crippen LogP contribution in [-0.4, -0.2) is 9.55 Å². The van der Waals surface area contributed by atoms with Crippen molar-refractivity contribution in [3.8, 4) is 28.3 Å². The number of oxazole rings is 1. The third kappa shape index (κ3) is 5.32. The van der Waals surface area contributed by atoms with Gasteiger partial charge in [0.25, 0.3) is 0 Å². The van der Waals surface area contributed by atoms with Crippen molar-refractivity contribution >= 4 is 93.5 Å². The van der Waals surface area contributed by atoms with E-state index >= 15 is 0 Å². The fourth-order valence-corrected chi connectivity index (χ4v) is 9.54. The molecule has 0 aliphatic carbocycles. The smallest absolute Gasteiger partial charge is 0.227 e. The van der Waals surface area contributed by atoms with Crippen molar-refractivity contribution in [3.05, 3.63) is 212 Å². The monoisotopic (exact) mass is 793 g/mol. The highest BCUT2D eigenvalue weighted by molar-refractivity contribution is 6.22. The van der Waals surface area contributed by atoms with Gasteiger partial charge in [0.1, 0.15) is 16.7 Å². The van der Waals surface area contributed by atoms with Crippen molar-refractivity contribution in [2.45, 2.75) is 0 Å². The standard InChI is InChI=1S/C57H35N3O2/c1-2-14-37(15-3-1)43-18-8-10-22-49(43)60(52-23-12-21-48-56(52)62-57(58-48)40-26-25-36-13-4-5-17-39(36)33-40)41-29-32-50-47(34-41)55-44-19-7-6-16-38(44)27-31-51(55)59(50)42-28-30-46-45-20-9-11-24-53(45)61-54(46)35-42/h1-35H. The number of hydrogen-bond acceptors (Lipinski definition) is 4. The molecule has 0 saturated heterocycles. The maximum atomic E-state index is 6.87. The second kappa shape index (κ2) is 13.6. The zero-order valence-electron chi connectivity index (χ0n) is 33.4. The molecule has 0 bridgehead atoms. The van der Waals surface area contributed by atoms with Crippen molar-refractivity contribution < 1.29 is 8.83 Å². The summed E-state index contributed by atoms with van der Waals surface area (Å²) in [6, 6.07) is 75.1. The van der Waals surface area contributed by atoms with E-state index < -0.39 is 0 Å². The lowest BCUT2D eigenvalue weighted by molar-refractivity contribution is 0.620. The second-order valence-electron chi connectivity index (χ2n) is 15.9. The molecule has 10 aromatic carbocycles. The number of benzene rings is 10. The Morgan fingerprint density at radius 3 is 2.06 bits per heavy atom. The van der Waals surface area contributed by atoms with Crippen molar-refractivity contribution in [1.29, 1.82) is 0 Å². The molecule has 3 heterocycles. The molecule has 0 amide bonds. The summed E-state index contributed by atoms with van der Waals surface area (Å²) in [4.78, 5) is 7.44. The van der Waals surface area contributed by atoms with Gasteiger partial charge in [-0.05, 0) is 99.9 Å². The Kier molecular flexibility index (Phi) is 7.54. The number of fused-ring (bicyclic) bond motifs is 10. The molecule has 0 aliphatic rings. The summed E-state index contributed by atoms with van der Waals surface area (Å²) in [5.74, 6) is 0.584. The Morgan fingerprint density at radius 1 is 0.419 bits per heavy atom. The van der Waals surface area contributed by atoms with Crippen LogP contribution in [0.3, 0.4) is 0 Å². The third-order valence-electron chi connectivity index (χ3n) is 12.4. The molecule has 13 rings (SSSR count). The van der Waals surface area contributed by atoms with Crippen LogP contribution in [0.15, 0.2) is 221 Å². The van der Waals surface area contributed by atoms with Crippen LogP contribution >= 0.6 is 0 Å². The number of nitrogens with zero attached hydrogens (tertiary/aromatic N) is 3. The van der Waals surface area contributed by atoms with Crippen molar-refractivity contribution in [2.24, 2.45) is 0 Å². The summed E-state index contributed by atoms with van der Waals surface area (Å²) in [6.07, 6.45) is 0. The van der Waals surface area contributed by atoms with E-state index in [4.69, 9.17) is 13.8 Å². The van der Waals surface area contributed by atoms with Crippen molar-refractivity contribution in [2.75, 3.05) is 4.90 Å². The van der Waals surface area contributed by atoms with Crippen molar-refractivity contribution in [3.63, 3.8) is 0 Å². The fourth-order valence-electron chi connectivity index (χ4n) is 9.54. The molecule has 0 fully saturated rings. The van der Waals surface area contributed by atoms with Crippen LogP contribution in [0, 0.1) is 0 Å². The quantitative estimate of drug-likeness (QED) is 0.168. The van der Waals surface area contributed by atoms with Gasteiger partial charge in [0.2, 0.25) is 5.89 Å². The predicted molar refractivity (Wildman–Crippen MR) is 256 cm³/mol. The Balaban J connectivity index is 1.07. The SMILES string of the molecule is c1ccc(-c2ccccc2N(c2ccc3c(c2)c2c4ccccc4ccc2n3-c2ccc3c(c2)oc2ccccc23)c2cccc3nc(-c4ccc5ccccc5c4)oc23)cc1. The Morgan fingerprint density at radius 2 is 1.15 bits per heavy atom. The number of para-hydroxylation sites is 3. The summed E-state index contributed by atoms with van der Waals surface area (Å²) in [6.45, 7) is 0. The van der Waals surface area contributed by atoms with Crippen LogP contribution in [0.4, 0.5) is 17.1 Å². The Bertz CT molecular complexity index is 3890. The summed E-state index contributed by atoms with van der Waals surface area (Å²) in [5, 5.41) is 9.27. The average Bonchev–Trinajstić information content (AvgIpc) is 4.04. The maximum Gasteiger partial charge on any atom is 0.227 e. The minimum Gasteiger partial charge on any atom is -0.456 e. The van der Waals surface area contributed by atoms with Gasteiger partial charge in [0.15, 0.2) is 5.58 Å². The summed E-state index contributed by atoms with van der Waals surface area (Å²) < 4.78 is 15.7. The van der Waals surface area contributed by atoms with E-state index in [1.54, 1.807) is 0 Å². The summed E-state index contributed by atoms with van der Waals surface area (Å²) >= 11 is 0. The normalized spacial score (nSPS) is 11.9. The molecule has 5 heteroatoms. The van der Waals surface area contributed by atoms with Crippen LogP contribution in [0.5, 0.6) is 0 Å². The molecule has 5 nitrogen and oxygen atoms in total. The van der Waals surface area contributed by atoms with Gasteiger partial charge in [-0.25, -0.2) is 4.98 Å². The van der Waals surface area contributed by atoms with Crippen molar-refractivity contribution in [1.82, 2.24) is 9.55 Å². The largest absolute Gasteiger partial charge is 0.456 e. The first kappa shape index (κ1) is 34.5. The first-order chi connectivity index (χ1) is 30.7. The zero-order chi connectivity index (χ0) is 40.7. The van der Waals surface area contributed by atoms with Gasteiger partial charge in [-0.3, -0.25) is 0 Å². The zero-order valence-corrected chi connectivity index (χ0v) is 33.4. The highest BCUT2D eigenvalue weighted by Gasteiger charge is 2.24. The molecule has 0 N–H and O–H groups in total. The summed E-state index contributed by atoms with van der Waals surface area (Å²) in [7, 11) is 0. The van der Waals surface area contributed by atoms with E-state index in [0.29, 0.717) is 11.5 Å². The van der Waals surface area contributed by atoms with Gasteiger partial charge in [-0.2, -0.15) is 0 Å². The van der Waals surface area contributed by atoms with E-state index in [2.05, 4.69) is 204 Å². The van der Waals surface area contributed by atoms with Gasteiger partial charge in [0.05, 0.1) is 22.4 Å². The lowest BCUT2D eigenvalue weighted by Crippen LogP contribution is -2.11. The lowest BCUT2D eigenvalue weighted by atomic mass is 10.0. The minimum atomic E-state index is 0.584. The van der Waals surface area contributed by atoms with E-state index in [1.807, 2.05) is 18.2 Å².